The number of hydrogen-bond donors (Lipinski definition) is 2. The van der Waals surface area contributed by atoms with Crippen LogP contribution in [0.5, 0.6) is 0 Å². The third kappa shape index (κ3) is 2.13. The van der Waals surface area contributed by atoms with Crippen LogP contribution >= 0.6 is 0 Å². The van der Waals surface area contributed by atoms with Crippen LogP contribution < -0.4 is 5.32 Å². The highest BCUT2D eigenvalue weighted by Crippen LogP contribution is 2.34. The van der Waals surface area contributed by atoms with E-state index < -0.39 is 5.97 Å². The van der Waals surface area contributed by atoms with Gasteiger partial charge in [0.05, 0.1) is 5.92 Å². The van der Waals surface area contributed by atoms with Gasteiger partial charge in [-0.2, -0.15) is 0 Å². The first kappa shape index (κ1) is 10.5. The van der Waals surface area contributed by atoms with Crippen LogP contribution in [0.1, 0.15) is 38.5 Å². The van der Waals surface area contributed by atoms with Crippen LogP contribution in [-0.2, 0) is 9.59 Å². The van der Waals surface area contributed by atoms with Crippen molar-refractivity contribution < 1.29 is 14.7 Å². The molecule has 2 rings (SSSR count). The molecule has 1 aliphatic carbocycles. The first-order valence-electron chi connectivity index (χ1n) is 5.70. The first-order chi connectivity index (χ1) is 7.18. The van der Waals surface area contributed by atoms with E-state index in [0.717, 1.165) is 12.8 Å². The molecule has 0 aromatic heterocycles. The predicted octanol–water partition coefficient (Wildman–Crippen LogP) is 1.16. The summed E-state index contributed by atoms with van der Waals surface area (Å²) in [5, 5.41) is 12.0. The van der Waals surface area contributed by atoms with E-state index in [1.807, 2.05) is 0 Å². The number of amides is 1. The van der Waals surface area contributed by atoms with E-state index in [2.05, 4.69) is 5.32 Å². The van der Waals surface area contributed by atoms with Gasteiger partial charge in [-0.3, -0.25) is 9.59 Å². The van der Waals surface area contributed by atoms with Crippen LogP contribution in [0.4, 0.5) is 0 Å². The highest BCUT2D eigenvalue weighted by atomic mass is 16.4. The van der Waals surface area contributed by atoms with Gasteiger partial charge in [0.1, 0.15) is 0 Å². The third-order valence-electron chi connectivity index (χ3n) is 3.67. The van der Waals surface area contributed by atoms with E-state index in [-0.39, 0.29) is 17.9 Å². The molecular weight excluding hydrogens is 194 g/mol. The number of hydrogen-bond acceptors (Lipinski definition) is 2. The molecule has 0 aromatic carbocycles. The van der Waals surface area contributed by atoms with Gasteiger partial charge in [-0.15, -0.1) is 0 Å². The van der Waals surface area contributed by atoms with Crippen molar-refractivity contribution in [2.24, 2.45) is 11.8 Å². The zero-order valence-corrected chi connectivity index (χ0v) is 8.74. The van der Waals surface area contributed by atoms with Crippen LogP contribution in [0.3, 0.4) is 0 Å². The number of carboxylic acids is 1. The Bertz CT molecular complexity index is 271. The normalized spacial score (nSPS) is 32.7. The highest BCUT2D eigenvalue weighted by molar-refractivity contribution is 5.81. The summed E-state index contributed by atoms with van der Waals surface area (Å²) in [6.45, 7) is 0. The minimum absolute atomic E-state index is 0.0180. The van der Waals surface area contributed by atoms with Gasteiger partial charge in [0.2, 0.25) is 5.91 Å². The summed E-state index contributed by atoms with van der Waals surface area (Å²) in [4.78, 5) is 22.4. The summed E-state index contributed by atoms with van der Waals surface area (Å²) in [5.41, 5.74) is 0. The zero-order chi connectivity index (χ0) is 10.8. The van der Waals surface area contributed by atoms with Crippen molar-refractivity contribution in [2.75, 3.05) is 0 Å². The lowest BCUT2D eigenvalue weighted by Gasteiger charge is -2.33. The maximum Gasteiger partial charge on any atom is 0.308 e. The van der Waals surface area contributed by atoms with Crippen LogP contribution in [0.2, 0.25) is 0 Å². The Kier molecular flexibility index (Phi) is 2.93. The molecule has 15 heavy (non-hydrogen) atoms. The summed E-state index contributed by atoms with van der Waals surface area (Å²) >= 11 is 0. The van der Waals surface area contributed by atoms with Gasteiger partial charge in [-0.1, -0.05) is 12.8 Å². The molecular formula is C11H17NO3. The lowest BCUT2D eigenvalue weighted by molar-refractivity contribution is -0.146. The van der Waals surface area contributed by atoms with Gasteiger partial charge in [0, 0.05) is 12.5 Å². The molecule has 84 valence electrons. The van der Waals surface area contributed by atoms with E-state index >= 15 is 0 Å². The fraction of sp³-hybridized carbons (Fsp3) is 0.818. The summed E-state index contributed by atoms with van der Waals surface area (Å²) in [7, 11) is 0. The van der Waals surface area contributed by atoms with Crippen molar-refractivity contribution in [2.45, 2.75) is 44.6 Å². The van der Waals surface area contributed by atoms with E-state index in [1.165, 1.54) is 12.8 Å². The van der Waals surface area contributed by atoms with Crippen molar-refractivity contribution >= 4 is 11.9 Å². The molecule has 0 radical (unpaired) electrons. The molecule has 2 aliphatic rings. The number of rotatable bonds is 2. The van der Waals surface area contributed by atoms with Crippen molar-refractivity contribution in [3.05, 3.63) is 0 Å². The van der Waals surface area contributed by atoms with Crippen LogP contribution in [-0.4, -0.2) is 23.0 Å². The van der Waals surface area contributed by atoms with Crippen molar-refractivity contribution in [1.29, 1.82) is 0 Å². The molecule has 0 bridgehead atoms. The second-order valence-corrected chi connectivity index (χ2v) is 4.62. The average molecular weight is 211 g/mol. The molecule has 1 saturated carbocycles. The number of nitrogens with one attached hydrogen (secondary N) is 1. The number of carbonyl (C=O) groups is 2. The average Bonchev–Trinajstić information content (AvgIpc) is 2.69. The topological polar surface area (TPSA) is 66.4 Å². The molecule has 2 N–H and O–H groups in total. The Balaban J connectivity index is 2.08. The monoisotopic (exact) mass is 211 g/mol. The predicted molar refractivity (Wildman–Crippen MR) is 54.2 cm³/mol. The van der Waals surface area contributed by atoms with Crippen molar-refractivity contribution in [3.63, 3.8) is 0 Å². The van der Waals surface area contributed by atoms with E-state index in [4.69, 9.17) is 5.11 Å². The minimum Gasteiger partial charge on any atom is -0.481 e. The molecule has 2 atom stereocenters. The molecule has 0 aromatic rings. The maximum atomic E-state index is 11.3. The molecule has 1 saturated heterocycles. The fourth-order valence-electron chi connectivity index (χ4n) is 2.86. The van der Waals surface area contributed by atoms with Gasteiger partial charge in [-0.25, -0.2) is 0 Å². The van der Waals surface area contributed by atoms with Crippen molar-refractivity contribution in [1.82, 2.24) is 5.32 Å². The van der Waals surface area contributed by atoms with Gasteiger partial charge in [0.25, 0.3) is 0 Å². The SMILES string of the molecule is O=C1CC[C@H](C(=O)O)[C@@H](C2CCCC2)N1. The summed E-state index contributed by atoms with van der Waals surface area (Å²) in [6, 6.07) is -0.119. The Morgan fingerprint density at radius 1 is 1.27 bits per heavy atom. The first-order valence-corrected chi connectivity index (χ1v) is 5.70. The number of carboxylic acid groups (broad SMARTS) is 1. The third-order valence-corrected chi connectivity index (χ3v) is 3.67. The lowest BCUT2D eigenvalue weighted by atomic mass is 9.81. The van der Waals surface area contributed by atoms with E-state index in [1.54, 1.807) is 0 Å². The van der Waals surface area contributed by atoms with Gasteiger partial charge >= 0.3 is 5.97 Å². The van der Waals surface area contributed by atoms with Gasteiger partial charge < -0.3 is 10.4 Å². The summed E-state index contributed by atoms with van der Waals surface area (Å²) < 4.78 is 0. The Hall–Kier alpha value is -1.06. The summed E-state index contributed by atoms with van der Waals surface area (Å²) in [6.07, 6.45) is 5.33. The second-order valence-electron chi connectivity index (χ2n) is 4.62. The zero-order valence-electron chi connectivity index (χ0n) is 8.74. The van der Waals surface area contributed by atoms with Crippen LogP contribution in [0, 0.1) is 11.8 Å². The molecule has 1 amide bonds. The minimum atomic E-state index is -0.757. The van der Waals surface area contributed by atoms with Gasteiger partial charge in [-0.05, 0) is 25.2 Å². The van der Waals surface area contributed by atoms with E-state index in [9.17, 15) is 9.59 Å². The van der Waals surface area contributed by atoms with Crippen LogP contribution in [0.15, 0.2) is 0 Å². The number of carbonyl (C=O) groups excluding carboxylic acids is 1. The standard InChI is InChI=1S/C11H17NO3/c13-9-6-5-8(11(14)15)10(12-9)7-3-1-2-4-7/h7-8,10H,1-6H2,(H,12,13)(H,14,15)/t8-,10+/m0/s1. The van der Waals surface area contributed by atoms with E-state index in [0.29, 0.717) is 18.8 Å². The lowest BCUT2D eigenvalue weighted by Crippen LogP contribution is -2.51. The number of piperidine rings is 1. The molecule has 4 nitrogen and oxygen atoms in total. The van der Waals surface area contributed by atoms with Gasteiger partial charge in [0.15, 0.2) is 0 Å². The molecule has 4 heteroatoms. The Labute approximate surface area is 89.0 Å². The maximum absolute atomic E-state index is 11.3. The molecule has 0 unspecified atom stereocenters. The Morgan fingerprint density at radius 2 is 1.93 bits per heavy atom. The highest BCUT2D eigenvalue weighted by Gasteiger charge is 2.39. The fourth-order valence-corrected chi connectivity index (χ4v) is 2.86. The Morgan fingerprint density at radius 3 is 2.53 bits per heavy atom. The smallest absolute Gasteiger partial charge is 0.308 e. The number of aliphatic carboxylic acids is 1. The second kappa shape index (κ2) is 4.21. The molecule has 1 heterocycles. The molecule has 2 fully saturated rings. The quantitative estimate of drug-likeness (QED) is 0.720. The summed E-state index contributed by atoms with van der Waals surface area (Å²) in [5.74, 6) is -0.725. The molecule has 0 spiro atoms. The largest absolute Gasteiger partial charge is 0.481 e. The van der Waals surface area contributed by atoms with Crippen molar-refractivity contribution in [3.8, 4) is 0 Å². The van der Waals surface area contributed by atoms with Crippen LogP contribution in [0.25, 0.3) is 0 Å². The molecule has 1 aliphatic heterocycles.